The van der Waals surface area contributed by atoms with Crippen molar-refractivity contribution in [3.05, 3.63) is 11.6 Å². The molecule has 7 atom stereocenters. The molecule has 0 aromatic heterocycles. The van der Waals surface area contributed by atoms with Crippen LogP contribution < -0.4 is 0 Å². The molecule has 0 spiro atoms. The smallest absolute Gasteiger partial charge is 0.0739 e. The van der Waals surface area contributed by atoms with E-state index in [1.165, 1.54) is 12.8 Å². The van der Waals surface area contributed by atoms with Crippen molar-refractivity contribution in [2.24, 2.45) is 23.7 Å². The normalized spacial score (nSPS) is 63.3. The van der Waals surface area contributed by atoms with Crippen molar-refractivity contribution < 1.29 is 4.74 Å². The Bertz CT molecular complexity index is 324. The molecule has 4 rings (SSSR count). The molecule has 0 aromatic rings. The molecule has 3 fully saturated rings. The second-order valence-corrected chi connectivity index (χ2v) is 6.49. The van der Waals surface area contributed by atoms with Gasteiger partial charge in [-0.3, -0.25) is 0 Å². The third-order valence-electron chi connectivity index (χ3n) is 5.02. The Morgan fingerprint density at radius 3 is 3.14 bits per heavy atom. The molecule has 3 aliphatic carbocycles. The van der Waals surface area contributed by atoms with Crippen LogP contribution in [0.1, 0.15) is 19.8 Å². The third kappa shape index (κ3) is 0.746. The highest BCUT2D eigenvalue weighted by molar-refractivity contribution is 9.09. The second-order valence-electron chi connectivity index (χ2n) is 5.43. The topological polar surface area (TPSA) is 9.23 Å². The summed E-state index contributed by atoms with van der Waals surface area (Å²) in [6, 6.07) is 0. The average molecular weight is 255 g/mol. The highest BCUT2D eigenvalue weighted by Crippen LogP contribution is 2.64. The Morgan fingerprint density at radius 1 is 1.43 bits per heavy atom. The second kappa shape index (κ2) is 2.46. The molecular formula is C12H15BrO. The first-order valence-electron chi connectivity index (χ1n) is 5.73. The Kier molecular flexibility index (Phi) is 1.47. The summed E-state index contributed by atoms with van der Waals surface area (Å²) in [7, 11) is 0. The number of allylic oxidation sites excluding steroid dienone is 1. The molecule has 14 heavy (non-hydrogen) atoms. The van der Waals surface area contributed by atoms with Gasteiger partial charge in [-0.2, -0.15) is 0 Å². The van der Waals surface area contributed by atoms with Crippen molar-refractivity contribution in [2.75, 3.05) is 0 Å². The zero-order valence-electron chi connectivity index (χ0n) is 8.32. The number of rotatable bonds is 0. The average Bonchev–Trinajstić information content (AvgIpc) is 2.75. The van der Waals surface area contributed by atoms with Gasteiger partial charge in [0.05, 0.1) is 12.2 Å². The van der Waals surface area contributed by atoms with E-state index in [9.17, 15) is 0 Å². The summed E-state index contributed by atoms with van der Waals surface area (Å²) in [5.74, 6) is 3.48. The maximum Gasteiger partial charge on any atom is 0.0739 e. The van der Waals surface area contributed by atoms with E-state index < -0.39 is 0 Å². The van der Waals surface area contributed by atoms with E-state index >= 15 is 0 Å². The number of halogens is 1. The fraction of sp³-hybridized carbons (Fsp3) is 0.833. The summed E-state index contributed by atoms with van der Waals surface area (Å²) in [5.41, 5.74) is 1.65. The lowest BCUT2D eigenvalue weighted by atomic mass is 9.70. The largest absolute Gasteiger partial charge is 0.373 e. The summed E-state index contributed by atoms with van der Waals surface area (Å²) in [5, 5.41) is 0. The first kappa shape index (κ1) is 8.35. The zero-order valence-corrected chi connectivity index (χ0v) is 9.91. The quantitative estimate of drug-likeness (QED) is 0.477. The van der Waals surface area contributed by atoms with Gasteiger partial charge >= 0.3 is 0 Å². The molecule has 0 aromatic carbocycles. The summed E-state index contributed by atoms with van der Waals surface area (Å²) >= 11 is 3.86. The van der Waals surface area contributed by atoms with Crippen molar-refractivity contribution in [3.63, 3.8) is 0 Å². The maximum atomic E-state index is 6.18. The van der Waals surface area contributed by atoms with E-state index in [4.69, 9.17) is 4.74 Å². The molecular weight excluding hydrogens is 240 g/mol. The van der Waals surface area contributed by atoms with Crippen molar-refractivity contribution >= 4 is 15.9 Å². The molecule has 2 heteroatoms. The van der Waals surface area contributed by atoms with Crippen LogP contribution in [0.5, 0.6) is 0 Å². The molecule has 0 unspecified atom stereocenters. The van der Waals surface area contributed by atoms with Crippen molar-refractivity contribution in [1.82, 2.24) is 0 Å². The van der Waals surface area contributed by atoms with Crippen LogP contribution in [0.25, 0.3) is 0 Å². The molecule has 1 saturated heterocycles. The van der Waals surface area contributed by atoms with Gasteiger partial charge in [-0.15, -0.1) is 0 Å². The van der Waals surface area contributed by atoms with Crippen molar-refractivity contribution in [1.29, 1.82) is 0 Å². The van der Waals surface area contributed by atoms with Gasteiger partial charge in [0.2, 0.25) is 0 Å². The molecule has 2 saturated carbocycles. The molecule has 0 radical (unpaired) electrons. The molecule has 1 aliphatic heterocycles. The van der Waals surface area contributed by atoms with Gasteiger partial charge in [0.25, 0.3) is 0 Å². The van der Waals surface area contributed by atoms with Crippen LogP contribution in [0.2, 0.25) is 0 Å². The van der Waals surface area contributed by atoms with Gasteiger partial charge in [0, 0.05) is 4.83 Å². The van der Waals surface area contributed by atoms with Crippen LogP contribution in [0, 0.1) is 23.7 Å². The Balaban J connectivity index is 1.87. The minimum absolute atomic E-state index is 0.547. The van der Waals surface area contributed by atoms with Crippen molar-refractivity contribution in [3.8, 4) is 0 Å². The van der Waals surface area contributed by atoms with Crippen molar-refractivity contribution in [2.45, 2.75) is 36.8 Å². The molecule has 2 bridgehead atoms. The van der Waals surface area contributed by atoms with E-state index in [0.717, 1.165) is 23.7 Å². The summed E-state index contributed by atoms with van der Waals surface area (Å²) in [6.45, 7) is 2.33. The van der Waals surface area contributed by atoms with E-state index in [1.54, 1.807) is 5.57 Å². The molecule has 4 aliphatic rings. The van der Waals surface area contributed by atoms with E-state index in [1.807, 2.05) is 0 Å². The predicted molar refractivity (Wildman–Crippen MR) is 58.3 cm³/mol. The SMILES string of the molecule is CC1=CC[C@@H]2O[C@@H]3[C@@H](Br)[C@H]4C[C@@H]3[C@@H]2[C@@H]14. The summed E-state index contributed by atoms with van der Waals surface area (Å²) in [4.78, 5) is 0.639. The van der Waals surface area contributed by atoms with Crippen LogP contribution in [0.15, 0.2) is 11.6 Å². The van der Waals surface area contributed by atoms with Crippen LogP contribution in [0.3, 0.4) is 0 Å². The van der Waals surface area contributed by atoms with E-state index in [0.29, 0.717) is 17.0 Å². The Morgan fingerprint density at radius 2 is 2.29 bits per heavy atom. The number of alkyl halides is 1. The van der Waals surface area contributed by atoms with Gasteiger partial charge < -0.3 is 4.74 Å². The summed E-state index contributed by atoms with van der Waals surface area (Å²) < 4.78 is 6.18. The predicted octanol–water partition coefficient (Wildman–Crippen LogP) is 2.75. The molecule has 0 N–H and O–H groups in total. The fourth-order valence-corrected chi connectivity index (χ4v) is 5.66. The fourth-order valence-electron chi connectivity index (χ4n) is 4.60. The minimum Gasteiger partial charge on any atom is -0.373 e. The number of hydrogen-bond acceptors (Lipinski definition) is 1. The van der Waals surface area contributed by atoms with Gasteiger partial charge in [-0.1, -0.05) is 27.6 Å². The lowest BCUT2D eigenvalue weighted by molar-refractivity contribution is 0.0415. The Labute approximate surface area is 93.0 Å². The lowest BCUT2D eigenvalue weighted by Gasteiger charge is -2.34. The highest BCUT2D eigenvalue weighted by atomic mass is 79.9. The van der Waals surface area contributed by atoms with Gasteiger partial charge in [-0.05, 0) is 43.4 Å². The molecule has 1 heterocycles. The molecule has 0 amide bonds. The number of ether oxygens (including phenoxy) is 1. The van der Waals surface area contributed by atoms with Gasteiger partial charge in [-0.25, -0.2) is 0 Å². The van der Waals surface area contributed by atoms with Crippen LogP contribution in [-0.4, -0.2) is 17.0 Å². The summed E-state index contributed by atoms with van der Waals surface area (Å²) in [6.07, 6.45) is 6.12. The van der Waals surface area contributed by atoms with Crippen LogP contribution in [-0.2, 0) is 4.74 Å². The first-order chi connectivity index (χ1) is 6.77. The first-order valence-corrected chi connectivity index (χ1v) is 6.65. The molecule has 1 nitrogen and oxygen atoms in total. The monoisotopic (exact) mass is 254 g/mol. The van der Waals surface area contributed by atoms with Gasteiger partial charge in [0.15, 0.2) is 0 Å². The van der Waals surface area contributed by atoms with E-state index in [2.05, 4.69) is 28.9 Å². The third-order valence-corrected chi connectivity index (χ3v) is 6.22. The lowest BCUT2D eigenvalue weighted by Crippen LogP contribution is -2.36. The maximum absolute atomic E-state index is 6.18. The van der Waals surface area contributed by atoms with Crippen LogP contribution in [0.4, 0.5) is 0 Å². The standard InChI is InChI=1S/C12H15BrO/c1-5-2-3-8-10-7-4-6(9(5)10)11(13)12(7)14-8/h2,6-12H,3-4H2,1H3/t6-,7+,8-,9-,10-,11-,12-/m0/s1. The van der Waals surface area contributed by atoms with Crippen LogP contribution >= 0.6 is 15.9 Å². The van der Waals surface area contributed by atoms with Gasteiger partial charge in [0.1, 0.15) is 0 Å². The van der Waals surface area contributed by atoms with E-state index in [-0.39, 0.29) is 0 Å². The Hall–Kier alpha value is 0.180. The zero-order chi connectivity index (χ0) is 9.45. The minimum atomic E-state index is 0.547. The highest BCUT2D eigenvalue weighted by Gasteiger charge is 2.65. The molecule has 76 valence electrons. The number of fused-ring (bicyclic) bond motifs is 2. The number of hydrogen-bond donors (Lipinski definition) is 0.